The first-order chi connectivity index (χ1) is 14.2. The molecule has 0 aliphatic heterocycles. The van der Waals surface area contributed by atoms with Gasteiger partial charge in [0, 0.05) is 18.1 Å². The molecular formula is C22H23N3O4. The number of carbonyl (C=O) groups is 1. The third kappa shape index (κ3) is 5.93. The summed E-state index contributed by atoms with van der Waals surface area (Å²) < 4.78 is 7.55. The van der Waals surface area contributed by atoms with Crippen molar-refractivity contribution in [1.29, 1.82) is 0 Å². The first-order valence-electron chi connectivity index (χ1n) is 9.37. The first-order valence-corrected chi connectivity index (χ1v) is 9.37. The lowest BCUT2D eigenvalue weighted by molar-refractivity contribution is -0.136. The van der Waals surface area contributed by atoms with Crippen LogP contribution in [-0.4, -0.2) is 39.6 Å². The third-order valence-electron chi connectivity index (χ3n) is 4.21. The minimum absolute atomic E-state index is 0.0303. The molecule has 0 saturated heterocycles. The van der Waals surface area contributed by atoms with Crippen LogP contribution in [0.5, 0.6) is 5.75 Å². The zero-order chi connectivity index (χ0) is 20.5. The van der Waals surface area contributed by atoms with E-state index in [2.05, 4.69) is 10.1 Å². The van der Waals surface area contributed by atoms with Crippen LogP contribution in [0.25, 0.3) is 5.69 Å². The summed E-state index contributed by atoms with van der Waals surface area (Å²) in [5.41, 5.74) is 3.58. The van der Waals surface area contributed by atoms with E-state index >= 15 is 0 Å². The van der Waals surface area contributed by atoms with Gasteiger partial charge in [-0.3, -0.25) is 4.79 Å². The Labute approximate surface area is 169 Å². The number of ether oxygens (including phenoxy) is 1. The predicted molar refractivity (Wildman–Crippen MR) is 110 cm³/mol. The molecule has 0 saturated carbocycles. The molecule has 1 aromatic heterocycles. The van der Waals surface area contributed by atoms with Crippen molar-refractivity contribution in [2.75, 3.05) is 13.2 Å². The fourth-order valence-electron chi connectivity index (χ4n) is 2.80. The van der Waals surface area contributed by atoms with Gasteiger partial charge in [-0.1, -0.05) is 36.3 Å². The molecule has 7 heteroatoms. The Hall–Kier alpha value is -3.61. The average Bonchev–Trinajstić information content (AvgIpc) is 3.26. The molecule has 0 amide bonds. The van der Waals surface area contributed by atoms with Crippen LogP contribution >= 0.6 is 0 Å². The minimum atomic E-state index is -0.870. The van der Waals surface area contributed by atoms with Crippen molar-refractivity contribution in [3.05, 3.63) is 78.4 Å². The summed E-state index contributed by atoms with van der Waals surface area (Å²) in [6, 6.07) is 15.1. The van der Waals surface area contributed by atoms with E-state index in [0.717, 1.165) is 23.4 Å². The highest BCUT2D eigenvalue weighted by Gasteiger charge is 2.04. The number of oxime groups is 1. The van der Waals surface area contributed by atoms with Gasteiger partial charge in [-0.05, 0) is 41.8 Å². The molecule has 0 aliphatic carbocycles. The maximum absolute atomic E-state index is 10.8. The second kappa shape index (κ2) is 10.1. The first kappa shape index (κ1) is 20.1. The zero-order valence-corrected chi connectivity index (χ0v) is 16.2. The van der Waals surface area contributed by atoms with Gasteiger partial charge in [-0.2, -0.15) is 0 Å². The molecule has 3 rings (SSSR count). The molecule has 7 nitrogen and oxygen atoms in total. The molecule has 150 valence electrons. The topological polar surface area (TPSA) is 85.9 Å². The Morgan fingerprint density at radius 1 is 1.17 bits per heavy atom. The third-order valence-corrected chi connectivity index (χ3v) is 4.21. The summed E-state index contributed by atoms with van der Waals surface area (Å²) in [4.78, 5) is 20.3. The van der Waals surface area contributed by atoms with Gasteiger partial charge in [0.05, 0.1) is 18.5 Å². The Bertz CT molecular complexity index is 950. The molecule has 0 aliphatic rings. The second-order valence-corrected chi connectivity index (χ2v) is 6.31. The standard InChI is InChI=1S/C22H23N3O4/c1-2-21(18-6-8-19(9-7-18)25-11-10-23-16-25)24-29-13-12-28-20-5-3-4-17(14-20)15-22(26)27/h3-11,14,16H,2,12-13,15H2,1H3,(H,26,27)/b24-21+. The van der Waals surface area contributed by atoms with Crippen LogP contribution in [0.1, 0.15) is 24.5 Å². The van der Waals surface area contributed by atoms with Gasteiger partial charge >= 0.3 is 5.97 Å². The normalized spacial score (nSPS) is 11.3. The summed E-state index contributed by atoms with van der Waals surface area (Å²) in [6.45, 7) is 2.63. The number of rotatable bonds is 10. The number of hydrogen-bond donors (Lipinski definition) is 1. The van der Waals surface area contributed by atoms with E-state index in [4.69, 9.17) is 14.7 Å². The molecule has 0 atom stereocenters. The van der Waals surface area contributed by atoms with Gasteiger partial charge < -0.3 is 19.2 Å². The molecule has 29 heavy (non-hydrogen) atoms. The van der Waals surface area contributed by atoms with Gasteiger partial charge in [-0.15, -0.1) is 0 Å². The van der Waals surface area contributed by atoms with Crippen molar-refractivity contribution in [2.24, 2.45) is 5.16 Å². The van der Waals surface area contributed by atoms with Gasteiger partial charge in [0.25, 0.3) is 0 Å². The number of imidazole rings is 1. The highest BCUT2D eigenvalue weighted by atomic mass is 16.6. The minimum Gasteiger partial charge on any atom is -0.490 e. The van der Waals surface area contributed by atoms with Crippen molar-refractivity contribution >= 4 is 11.7 Å². The van der Waals surface area contributed by atoms with E-state index in [1.165, 1.54) is 0 Å². The van der Waals surface area contributed by atoms with Crippen molar-refractivity contribution in [3.63, 3.8) is 0 Å². The van der Waals surface area contributed by atoms with Crippen molar-refractivity contribution < 1.29 is 19.5 Å². The van der Waals surface area contributed by atoms with Crippen LogP contribution in [-0.2, 0) is 16.1 Å². The largest absolute Gasteiger partial charge is 0.490 e. The molecule has 1 heterocycles. The Balaban J connectivity index is 1.50. The molecule has 1 N–H and O–H groups in total. The fraction of sp³-hybridized carbons (Fsp3) is 0.227. The quantitative estimate of drug-likeness (QED) is 0.322. The van der Waals surface area contributed by atoms with E-state index in [9.17, 15) is 4.79 Å². The summed E-state index contributed by atoms with van der Waals surface area (Å²) in [5.74, 6) is -0.257. The number of aromatic nitrogens is 2. The zero-order valence-electron chi connectivity index (χ0n) is 16.2. The lowest BCUT2D eigenvalue weighted by atomic mass is 10.1. The van der Waals surface area contributed by atoms with Gasteiger partial charge in [-0.25, -0.2) is 4.98 Å². The van der Waals surface area contributed by atoms with Crippen LogP contribution in [0.3, 0.4) is 0 Å². The molecule has 2 aromatic carbocycles. The molecule has 0 spiro atoms. The van der Waals surface area contributed by atoms with Gasteiger partial charge in [0.15, 0.2) is 6.61 Å². The lowest BCUT2D eigenvalue weighted by Gasteiger charge is -2.08. The van der Waals surface area contributed by atoms with E-state index in [1.54, 1.807) is 36.8 Å². The highest BCUT2D eigenvalue weighted by Crippen LogP contribution is 2.14. The Morgan fingerprint density at radius 3 is 2.69 bits per heavy atom. The maximum Gasteiger partial charge on any atom is 0.307 e. The van der Waals surface area contributed by atoms with Crippen molar-refractivity contribution in [2.45, 2.75) is 19.8 Å². The molecule has 3 aromatic rings. The van der Waals surface area contributed by atoms with Crippen LogP contribution in [0.2, 0.25) is 0 Å². The van der Waals surface area contributed by atoms with Crippen LogP contribution < -0.4 is 4.74 Å². The van der Waals surface area contributed by atoms with E-state index in [0.29, 0.717) is 24.5 Å². The van der Waals surface area contributed by atoms with Crippen molar-refractivity contribution in [3.8, 4) is 11.4 Å². The van der Waals surface area contributed by atoms with Gasteiger partial charge in [0.2, 0.25) is 0 Å². The summed E-state index contributed by atoms with van der Waals surface area (Å²) in [7, 11) is 0. The number of carboxylic acid groups (broad SMARTS) is 1. The van der Waals surface area contributed by atoms with E-state index < -0.39 is 5.97 Å². The summed E-state index contributed by atoms with van der Waals surface area (Å²) in [6.07, 6.45) is 6.10. The Kier molecular flexibility index (Phi) is 7.00. The number of carboxylic acids is 1. The van der Waals surface area contributed by atoms with Crippen molar-refractivity contribution in [1.82, 2.24) is 9.55 Å². The molecule has 0 unspecified atom stereocenters. The number of benzene rings is 2. The van der Waals surface area contributed by atoms with Gasteiger partial charge in [0.1, 0.15) is 12.4 Å². The monoisotopic (exact) mass is 393 g/mol. The number of nitrogens with zero attached hydrogens (tertiary/aromatic N) is 3. The molecule has 0 fully saturated rings. The molecule has 0 bridgehead atoms. The second-order valence-electron chi connectivity index (χ2n) is 6.31. The highest BCUT2D eigenvalue weighted by molar-refractivity contribution is 6.00. The predicted octanol–water partition coefficient (Wildman–Crippen LogP) is 3.71. The number of aliphatic carboxylic acids is 1. The average molecular weight is 393 g/mol. The van der Waals surface area contributed by atoms with Crippen LogP contribution in [0, 0.1) is 0 Å². The van der Waals surface area contributed by atoms with E-state index in [-0.39, 0.29) is 6.42 Å². The van der Waals surface area contributed by atoms with Crippen LogP contribution in [0.4, 0.5) is 0 Å². The number of hydrogen-bond acceptors (Lipinski definition) is 5. The lowest BCUT2D eigenvalue weighted by Crippen LogP contribution is -2.07. The fourth-order valence-corrected chi connectivity index (χ4v) is 2.80. The van der Waals surface area contributed by atoms with E-state index in [1.807, 2.05) is 42.0 Å². The van der Waals surface area contributed by atoms with Crippen LogP contribution in [0.15, 0.2) is 72.4 Å². The molecule has 0 radical (unpaired) electrons. The SMILES string of the molecule is CC/C(=N\OCCOc1cccc(CC(=O)O)c1)c1ccc(-n2ccnc2)cc1. The summed E-state index contributed by atoms with van der Waals surface area (Å²) in [5, 5.41) is 13.1. The smallest absolute Gasteiger partial charge is 0.307 e. The maximum atomic E-state index is 10.8. The molecular weight excluding hydrogens is 370 g/mol. The Morgan fingerprint density at radius 2 is 2.00 bits per heavy atom. The summed E-state index contributed by atoms with van der Waals surface area (Å²) >= 11 is 0.